The molecule has 28 heavy (non-hydrogen) atoms. The monoisotopic (exact) mass is 407 g/mol. The minimum atomic E-state index is -3.56. The van der Waals surface area contributed by atoms with E-state index in [1.807, 2.05) is 13.8 Å². The summed E-state index contributed by atoms with van der Waals surface area (Å²) in [6.45, 7) is 3.71. The van der Waals surface area contributed by atoms with Crippen molar-refractivity contribution < 1.29 is 17.6 Å². The SMILES string of the molecule is Cc1ccc(S(=O)(=O)N(C)C)cc1NCC(=O)N(C)C(C)c1ccc(F)cc1. The van der Waals surface area contributed by atoms with Crippen molar-refractivity contribution in [3.05, 3.63) is 59.4 Å². The molecule has 2 aromatic carbocycles. The molecule has 0 saturated carbocycles. The Morgan fingerprint density at radius 3 is 2.29 bits per heavy atom. The van der Waals surface area contributed by atoms with Crippen molar-refractivity contribution in [3.63, 3.8) is 0 Å². The average Bonchev–Trinajstić information content (AvgIpc) is 2.66. The predicted molar refractivity (Wildman–Crippen MR) is 108 cm³/mol. The van der Waals surface area contributed by atoms with Gasteiger partial charge in [0.25, 0.3) is 0 Å². The Morgan fingerprint density at radius 1 is 1.11 bits per heavy atom. The van der Waals surface area contributed by atoms with Gasteiger partial charge in [0.05, 0.1) is 17.5 Å². The van der Waals surface area contributed by atoms with Crippen molar-refractivity contribution in [1.29, 1.82) is 0 Å². The fourth-order valence-electron chi connectivity index (χ4n) is 2.64. The number of carbonyl (C=O) groups is 1. The van der Waals surface area contributed by atoms with Crippen LogP contribution in [0.1, 0.15) is 24.1 Å². The maximum Gasteiger partial charge on any atom is 0.242 e. The van der Waals surface area contributed by atoms with Crippen LogP contribution in [0.25, 0.3) is 0 Å². The smallest absolute Gasteiger partial charge is 0.242 e. The number of halogens is 1. The molecule has 1 amide bonds. The van der Waals surface area contributed by atoms with Crippen molar-refractivity contribution in [1.82, 2.24) is 9.21 Å². The van der Waals surface area contributed by atoms with Gasteiger partial charge >= 0.3 is 0 Å². The molecule has 0 aliphatic carbocycles. The summed E-state index contributed by atoms with van der Waals surface area (Å²) in [5, 5.41) is 3.03. The van der Waals surface area contributed by atoms with Crippen LogP contribution in [0, 0.1) is 12.7 Å². The van der Waals surface area contributed by atoms with E-state index in [4.69, 9.17) is 0 Å². The van der Waals surface area contributed by atoms with Crippen LogP contribution in [0.4, 0.5) is 10.1 Å². The average molecular weight is 408 g/mol. The zero-order chi connectivity index (χ0) is 21.1. The van der Waals surface area contributed by atoms with E-state index in [-0.39, 0.29) is 29.2 Å². The van der Waals surface area contributed by atoms with Crippen LogP contribution in [0.3, 0.4) is 0 Å². The van der Waals surface area contributed by atoms with E-state index in [9.17, 15) is 17.6 Å². The second-order valence-electron chi connectivity index (χ2n) is 6.85. The summed E-state index contributed by atoms with van der Waals surface area (Å²) in [7, 11) is 1.06. The summed E-state index contributed by atoms with van der Waals surface area (Å²) in [5.74, 6) is -0.494. The van der Waals surface area contributed by atoms with Gasteiger partial charge in [0.2, 0.25) is 15.9 Å². The molecule has 8 heteroatoms. The molecule has 0 aliphatic heterocycles. The zero-order valence-electron chi connectivity index (χ0n) is 16.7. The number of carbonyl (C=O) groups excluding carboxylic acids is 1. The second-order valence-corrected chi connectivity index (χ2v) is 9.00. The van der Waals surface area contributed by atoms with E-state index in [2.05, 4.69) is 5.32 Å². The van der Waals surface area contributed by atoms with Gasteiger partial charge < -0.3 is 10.2 Å². The molecule has 0 radical (unpaired) electrons. The number of likely N-dealkylation sites (N-methyl/N-ethyl adjacent to an activating group) is 1. The Labute approximate surface area is 166 Å². The summed E-state index contributed by atoms with van der Waals surface area (Å²) in [6.07, 6.45) is 0. The zero-order valence-corrected chi connectivity index (χ0v) is 17.5. The van der Waals surface area contributed by atoms with Crippen LogP contribution >= 0.6 is 0 Å². The number of hydrogen-bond acceptors (Lipinski definition) is 4. The first kappa shape index (κ1) is 21.8. The van der Waals surface area contributed by atoms with Crippen LogP contribution in [-0.4, -0.2) is 51.2 Å². The Balaban J connectivity index is 2.10. The largest absolute Gasteiger partial charge is 0.376 e. The number of nitrogens with zero attached hydrogens (tertiary/aromatic N) is 2. The van der Waals surface area contributed by atoms with Gasteiger partial charge in [-0.2, -0.15) is 0 Å². The molecule has 1 atom stereocenters. The molecular weight excluding hydrogens is 381 g/mol. The molecular formula is C20H26FN3O3S. The van der Waals surface area contributed by atoms with Crippen molar-refractivity contribution in [2.24, 2.45) is 0 Å². The summed E-state index contributed by atoms with van der Waals surface area (Å²) >= 11 is 0. The summed E-state index contributed by atoms with van der Waals surface area (Å²) in [6, 6.07) is 10.6. The topological polar surface area (TPSA) is 69.7 Å². The van der Waals surface area contributed by atoms with Gasteiger partial charge in [-0.05, 0) is 49.2 Å². The number of sulfonamides is 1. The lowest BCUT2D eigenvalue weighted by Gasteiger charge is -2.26. The van der Waals surface area contributed by atoms with Gasteiger partial charge in [0, 0.05) is 26.8 Å². The third-order valence-electron chi connectivity index (χ3n) is 4.74. The molecule has 2 rings (SSSR count). The first-order chi connectivity index (χ1) is 13.0. The molecule has 0 fully saturated rings. The number of benzene rings is 2. The van der Waals surface area contributed by atoms with Crippen LogP contribution < -0.4 is 5.32 Å². The molecule has 0 aromatic heterocycles. The van der Waals surface area contributed by atoms with Gasteiger partial charge in [0.1, 0.15) is 5.82 Å². The Morgan fingerprint density at radius 2 is 1.71 bits per heavy atom. The first-order valence-corrected chi connectivity index (χ1v) is 10.3. The van der Waals surface area contributed by atoms with Gasteiger partial charge in [-0.15, -0.1) is 0 Å². The molecule has 0 heterocycles. The van der Waals surface area contributed by atoms with Crippen molar-refractivity contribution in [3.8, 4) is 0 Å². The summed E-state index contributed by atoms with van der Waals surface area (Å²) in [5.41, 5.74) is 2.24. The highest BCUT2D eigenvalue weighted by Gasteiger charge is 2.20. The Kier molecular flexibility index (Phi) is 6.79. The van der Waals surface area contributed by atoms with E-state index in [0.29, 0.717) is 5.69 Å². The third kappa shape index (κ3) is 4.88. The lowest BCUT2D eigenvalue weighted by molar-refractivity contribution is -0.129. The molecule has 2 aromatic rings. The van der Waals surface area contributed by atoms with Crippen molar-refractivity contribution >= 4 is 21.6 Å². The van der Waals surface area contributed by atoms with Crippen molar-refractivity contribution in [2.75, 3.05) is 33.0 Å². The van der Waals surface area contributed by atoms with Crippen molar-refractivity contribution in [2.45, 2.75) is 24.8 Å². The van der Waals surface area contributed by atoms with Crippen LogP contribution in [-0.2, 0) is 14.8 Å². The van der Waals surface area contributed by atoms with Gasteiger partial charge in [-0.3, -0.25) is 4.79 Å². The van der Waals surface area contributed by atoms with E-state index >= 15 is 0 Å². The normalized spacial score (nSPS) is 12.7. The highest BCUT2D eigenvalue weighted by Crippen LogP contribution is 2.23. The lowest BCUT2D eigenvalue weighted by Crippen LogP contribution is -2.34. The highest BCUT2D eigenvalue weighted by atomic mass is 32.2. The van der Waals surface area contributed by atoms with Crippen LogP contribution in [0.2, 0.25) is 0 Å². The van der Waals surface area contributed by atoms with E-state index in [1.54, 1.807) is 36.2 Å². The molecule has 152 valence electrons. The molecule has 1 N–H and O–H groups in total. The maximum atomic E-state index is 13.1. The van der Waals surface area contributed by atoms with Crippen LogP contribution in [0.5, 0.6) is 0 Å². The fraction of sp³-hybridized carbons (Fsp3) is 0.350. The molecule has 1 unspecified atom stereocenters. The number of hydrogen-bond donors (Lipinski definition) is 1. The summed E-state index contributed by atoms with van der Waals surface area (Å²) < 4.78 is 38.8. The number of amides is 1. The number of aryl methyl sites for hydroxylation is 1. The van der Waals surface area contributed by atoms with E-state index < -0.39 is 10.0 Å². The van der Waals surface area contributed by atoms with E-state index in [1.165, 1.54) is 32.3 Å². The molecule has 0 spiro atoms. The lowest BCUT2D eigenvalue weighted by atomic mass is 10.1. The molecule has 0 aliphatic rings. The van der Waals surface area contributed by atoms with E-state index in [0.717, 1.165) is 15.4 Å². The highest BCUT2D eigenvalue weighted by molar-refractivity contribution is 7.89. The Bertz CT molecular complexity index is 944. The predicted octanol–water partition coefficient (Wildman–Crippen LogP) is 3.02. The second kappa shape index (κ2) is 8.70. The standard InChI is InChI=1S/C20H26FN3O3S/c1-14-6-11-18(28(26,27)23(3)4)12-19(14)22-13-20(25)24(5)15(2)16-7-9-17(21)10-8-16/h6-12,15,22H,13H2,1-5H3. The molecule has 0 saturated heterocycles. The number of rotatable bonds is 7. The third-order valence-corrected chi connectivity index (χ3v) is 6.56. The summed E-state index contributed by atoms with van der Waals surface area (Å²) in [4.78, 5) is 14.3. The minimum absolute atomic E-state index is 0.00827. The fourth-order valence-corrected chi connectivity index (χ4v) is 3.57. The number of nitrogens with one attached hydrogen (secondary N) is 1. The van der Waals surface area contributed by atoms with Crippen LogP contribution in [0.15, 0.2) is 47.4 Å². The minimum Gasteiger partial charge on any atom is -0.376 e. The number of anilines is 1. The first-order valence-electron chi connectivity index (χ1n) is 8.82. The maximum absolute atomic E-state index is 13.1. The van der Waals surface area contributed by atoms with Gasteiger partial charge in [0.15, 0.2) is 0 Å². The van der Waals surface area contributed by atoms with Gasteiger partial charge in [-0.25, -0.2) is 17.1 Å². The van der Waals surface area contributed by atoms with Gasteiger partial charge in [-0.1, -0.05) is 18.2 Å². The molecule has 6 nitrogen and oxygen atoms in total. The Hall–Kier alpha value is -2.45. The molecule has 0 bridgehead atoms. The quantitative estimate of drug-likeness (QED) is 0.766.